The van der Waals surface area contributed by atoms with Gasteiger partial charge in [-0.25, -0.2) is 0 Å². The zero-order valence-corrected chi connectivity index (χ0v) is 32.9. The van der Waals surface area contributed by atoms with Gasteiger partial charge in [-0.1, -0.05) is 104 Å². The van der Waals surface area contributed by atoms with Gasteiger partial charge in [-0.05, 0) is 73.4 Å². The molecule has 0 radical (unpaired) electrons. The predicted octanol–water partition coefficient (Wildman–Crippen LogP) is 5.83. The van der Waals surface area contributed by atoms with Gasteiger partial charge in [0, 0.05) is 42.4 Å². The van der Waals surface area contributed by atoms with Crippen LogP contribution >= 0.6 is 0 Å². The molecule has 284 valence electrons. The van der Waals surface area contributed by atoms with E-state index in [0.29, 0.717) is 13.0 Å². The third-order valence-corrected chi connectivity index (χ3v) is 14.4. The molecular formula is C43H64N6O3. The van der Waals surface area contributed by atoms with E-state index in [9.17, 15) is 9.59 Å². The van der Waals surface area contributed by atoms with Gasteiger partial charge in [0.1, 0.15) is 18.1 Å². The molecule has 2 aliphatic heterocycles. The van der Waals surface area contributed by atoms with E-state index in [4.69, 9.17) is 0 Å². The third-order valence-electron chi connectivity index (χ3n) is 14.4. The van der Waals surface area contributed by atoms with Crippen molar-refractivity contribution in [3.8, 4) is 0 Å². The zero-order valence-electron chi connectivity index (χ0n) is 32.9. The number of hydrogen-bond acceptors (Lipinski definition) is 6. The van der Waals surface area contributed by atoms with E-state index < -0.39 is 29.1 Å². The maximum Gasteiger partial charge on any atom is 0.247 e. The average Bonchev–Trinajstić information content (AvgIpc) is 3.83. The number of amides is 3. The molecule has 2 heterocycles. The van der Waals surface area contributed by atoms with Gasteiger partial charge in [0.15, 0.2) is 0 Å². The topological polar surface area (TPSA) is 106 Å². The zero-order chi connectivity index (χ0) is 37.9. The molecule has 4 N–H and O–H groups in total. The van der Waals surface area contributed by atoms with Crippen LogP contribution in [0.1, 0.15) is 105 Å². The number of rotatable bonds is 13. The van der Waals surface area contributed by atoms with Crippen LogP contribution < -0.4 is 21.3 Å². The molecule has 3 aliphatic carbocycles. The fourth-order valence-corrected chi connectivity index (χ4v) is 10.8. The summed E-state index contributed by atoms with van der Waals surface area (Å²) < 4.78 is 0. The monoisotopic (exact) mass is 713 g/mol. The number of carbonyl (C=O) groups is 3. The molecule has 9 heteroatoms. The SMILES string of the molecule is C=C[C@@H]1C[C@]1(NC(=O)[C@@H]1CC2(CN1C(=O)[C@@H](NC(=O)C(NC(=C)[C@@H]1CCCCN1CC)c1ccccc1)C(C)(C)C)C(C)(C)C21CCC1)C(=C)NC. The highest BCUT2D eigenvalue weighted by molar-refractivity contribution is 5.95. The van der Waals surface area contributed by atoms with Crippen molar-refractivity contribution >= 4 is 17.7 Å². The molecule has 6 rings (SSSR count). The molecule has 52 heavy (non-hydrogen) atoms. The van der Waals surface area contributed by atoms with E-state index in [0.717, 1.165) is 68.6 Å². The summed E-state index contributed by atoms with van der Waals surface area (Å²) in [6, 6.07) is 7.55. The first-order chi connectivity index (χ1) is 24.5. The maximum atomic E-state index is 15.1. The van der Waals surface area contributed by atoms with Crippen LogP contribution in [0, 0.1) is 27.6 Å². The molecule has 3 saturated carbocycles. The Labute approximate surface area is 312 Å². The Bertz CT molecular complexity index is 1590. The van der Waals surface area contributed by atoms with Gasteiger partial charge < -0.3 is 26.2 Å². The highest BCUT2D eigenvalue weighted by Gasteiger charge is 2.85. The Morgan fingerprint density at radius 3 is 2.21 bits per heavy atom. The average molecular weight is 713 g/mol. The first kappa shape index (κ1) is 38.1. The van der Waals surface area contributed by atoms with Gasteiger partial charge in [-0.3, -0.25) is 19.3 Å². The Hall–Kier alpha value is -3.59. The smallest absolute Gasteiger partial charge is 0.247 e. The lowest BCUT2D eigenvalue weighted by atomic mass is 9.73. The molecule has 0 aromatic heterocycles. The van der Waals surface area contributed by atoms with Crippen molar-refractivity contribution in [2.24, 2.45) is 27.6 Å². The summed E-state index contributed by atoms with van der Waals surface area (Å²) in [5.74, 6) is -0.575. The Morgan fingerprint density at radius 1 is 0.981 bits per heavy atom. The van der Waals surface area contributed by atoms with Crippen molar-refractivity contribution in [3.05, 3.63) is 73.1 Å². The summed E-state index contributed by atoms with van der Waals surface area (Å²) in [5, 5.41) is 13.3. The van der Waals surface area contributed by atoms with E-state index in [1.54, 1.807) is 0 Å². The highest BCUT2D eigenvalue weighted by Crippen LogP contribution is 2.88. The summed E-state index contributed by atoms with van der Waals surface area (Å²) in [6.07, 6.45) is 9.91. The summed E-state index contributed by atoms with van der Waals surface area (Å²) in [7, 11) is 1.82. The first-order valence-electron chi connectivity index (χ1n) is 19.7. The van der Waals surface area contributed by atoms with Gasteiger partial charge in [0.2, 0.25) is 17.7 Å². The number of fused-ring (bicyclic) bond motifs is 1. The summed E-state index contributed by atoms with van der Waals surface area (Å²) >= 11 is 0. The van der Waals surface area contributed by atoms with E-state index in [1.807, 2.05) is 69.1 Å². The number of likely N-dealkylation sites (tertiary alicyclic amines) is 2. The van der Waals surface area contributed by atoms with Crippen molar-refractivity contribution in [3.63, 3.8) is 0 Å². The van der Waals surface area contributed by atoms with E-state index in [-0.39, 0.29) is 45.9 Å². The number of benzene rings is 1. The molecule has 5 aliphatic rings. The van der Waals surface area contributed by atoms with Crippen LogP contribution in [0.5, 0.6) is 0 Å². The normalized spacial score (nSPS) is 31.1. The maximum absolute atomic E-state index is 15.1. The van der Waals surface area contributed by atoms with Crippen molar-refractivity contribution in [1.29, 1.82) is 0 Å². The number of nitrogens with one attached hydrogen (secondary N) is 4. The quantitative estimate of drug-likeness (QED) is 0.192. The van der Waals surface area contributed by atoms with Crippen molar-refractivity contribution in [1.82, 2.24) is 31.1 Å². The third kappa shape index (κ3) is 5.99. The van der Waals surface area contributed by atoms with E-state index in [2.05, 4.69) is 66.7 Å². The number of carbonyl (C=O) groups excluding carboxylic acids is 3. The molecule has 2 unspecified atom stereocenters. The minimum absolute atomic E-state index is 0.00988. The molecule has 1 aromatic carbocycles. The molecule has 5 fully saturated rings. The Kier molecular flexibility index (Phi) is 10.0. The molecule has 7 atom stereocenters. The number of piperidine rings is 1. The second-order valence-corrected chi connectivity index (χ2v) is 18.0. The molecule has 1 aromatic rings. The lowest BCUT2D eigenvalue weighted by Gasteiger charge is -2.39. The van der Waals surface area contributed by atoms with Crippen molar-refractivity contribution in [2.75, 3.05) is 26.7 Å². The first-order valence-corrected chi connectivity index (χ1v) is 19.7. The van der Waals surface area contributed by atoms with Crippen LogP contribution in [-0.2, 0) is 14.4 Å². The second kappa shape index (κ2) is 13.7. The van der Waals surface area contributed by atoms with Crippen LogP contribution in [0.15, 0.2) is 67.5 Å². The fraction of sp³-hybridized carbons (Fsp3) is 0.651. The van der Waals surface area contributed by atoms with Crippen molar-refractivity contribution < 1.29 is 14.4 Å². The van der Waals surface area contributed by atoms with Gasteiger partial charge >= 0.3 is 0 Å². The van der Waals surface area contributed by atoms with Gasteiger partial charge in [0.25, 0.3) is 0 Å². The summed E-state index contributed by atoms with van der Waals surface area (Å²) in [4.78, 5) is 48.5. The van der Waals surface area contributed by atoms with Crippen LogP contribution in [-0.4, -0.2) is 77.9 Å². The lowest BCUT2D eigenvalue weighted by molar-refractivity contribution is -0.144. The molecule has 0 bridgehead atoms. The van der Waals surface area contributed by atoms with Crippen LogP contribution in [0.2, 0.25) is 0 Å². The van der Waals surface area contributed by atoms with E-state index >= 15 is 4.79 Å². The Morgan fingerprint density at radius 2 is 1.67 bits per heavy atom. The predicted molar refractivity (Wildman–Crippen MR) is 208 cm³/mol. The molecule has 3 amide bonds. The standard InChI is InChI=1S/C43H64N6O3/c1-11-31-25-43(31,29(4)44-10)47-36(50)33-26-42(40(8,9)41(42)22-18-23-41)27-49(33)38(52)35(39(5,6)7)46-37(51)34(30-19-14-13-15-20-30)45-28(3)32-21-16-17-24-48(32)12-2/h11,13-15,19-20,31-35,44-45H,1,3-4,12,16-18,21-27H2,2,5-10H3,(H,46,51)(H,47,50)/t31-,32+,33+,34?,35-,42?,43+/m1/s1. The van der Waals surface area contributed by atoms with Gasteiger partial charge in [-0.2, -0.15) is 0 Å². The molecule has 2 saturated heterocycles. The fourth-order valence-electron chi connectivity index (χ4n) is 10.8. The number of likely N-dealkylation sites (N-methyl/N-ethyl adjacent to an activating group) is 2. The van der Waals surface area contributed by atoms with E-state index in [1.165, 1.54) is 6.42 Å². The van der Waals surface area contributed by atoms with Crippen LogP contribution in [0.4, 0.5) is 0 Å². The number of nitrogens with zero attached hydrogens (tertiary/aromatic N) is 2. The second-order valence-electron chi connectivity index (χ2n) is 18.0. The minimum Gasteiger partial charge on any atom is -0.390 e. The lowest BCUT2D eigenvalue weighted by Crippen LogP contribution is -2.60. The van der Waals surface area contributed by atoms with Crippen LogP contribution in [0.25, 0.3) is 0 Å². The Balaban J connectivity index is 1.29. The molecule has 9 nitrogen and oxygen atoms in total. The molecule has 2 spiro atoms. The highest BCUT2D eigenvalue weighted by atomic mass is 16.2. The summed E-state index contributed by atoms with van der Waals surface area (Å²) in [6.45, 7) is 27.9. The molecular weight excluding hydrogens is 649 g/mol. The summed E-state index contributed by atoms with van der Waals surface area (Å²) in [5.41, 5.74) is 1.12. The minimum atomic E-state index is -0.865. The van der Waals surface area contributed by atoms with Crippen LogP contribution in [0.3, 0.4) is 0 Å². The van der Waals surface area contributed by atoms with Gasteiger partial charge in [-0.15, -0.1) is 6.58 Å². The van der Waals surface area contributed by atoms with Crippen molar-refractivity contribution in [2.45, 2.75) is 123 Å². The largest absolute Gasteiger partial charge is 0.390 e. The number of hydrogen-bond donors (Lipinski definition) is 4. The van der Waals surface area contributed by atoms with Gasteiger partial charge in [0.05, 0.1) is 5.54 Å².